The monoisotopic (exact) mass is 482 g/mol. The zero-order valence-electron chi connectivity index (χ0n) is 18.3. The number of nitrogens with one attached hydrogen (secondary N) is 1. The van der Waals surface area contributed by atoms with Crippen molar-refractivity contribution in [3.8, 4) is 17.2 Å². The first-order chi connectivity index (χ1) is 15.3. The highest BCUT2D eigenvalue weighted by atomic mass is 35.5. The molecule has 174 valence electrons. The molecule has 32 heavy (non-hydrogen) atoms. The number of sulfonamides is 1. The van der Waals surface area contributed by atoms with E-state index >= 15 is 0 Å². The minimum absolute atomic E-state index is 0.0708. The van der Waals surface area contributed by atoms with Gasteiger partial charge < -0.3 is 19.5 Å². The highest BCUT2D eigenvalue weighted by molar-refractivity contribution is 7.89. The van der Waals surface area contributed by atoms with Crippen LogP contribution >= 0.6 is 11.6 Å². The van der Waals surface area contributed by atoms with Gasteiger partial charge in [-0.1, -0.05) is 11.6 Å². The van der Waals surface area contributed by atoms with Gasteiger partial charge in [-0.05, 0) is 50.1 Å². The van der Waals surface area contributed by atoms with Crippen molar-refractivity contribution in [2.24, 2.45) is 5.92 Å². The molecule has 1 aliphatic heterocycles. The van der Waals surface area contributed by atoms with E-state index in [1.165, 1.54) is 30.7 Å². The first-order valence-electron chi connectivity index (χ1n) is 10.3. The third-order valence-corrected chi connectivity index (χ3v) is 7.42. The molecule has 2 aromatic carbocycles. The lowest BCUT2D eigenvalue weighted by atomic mass is 9.98. The van der Waals surface area contributed by atoms with Gasteiger partial charge in [0, 0.05) is 19.2 Å². The Morgan fingerprint density at radius 1 is 1.16 bits per heavy atom. The topological polar surface area (TPSA) is 94.2 Å². The van der Waals surface area contributed by atoms with Crippen molar-refractivity contribution in [1.82, 2.24) is 4.31 Å². The molecule has 1 amide bonds. The van der Waals surface area contributed by atoms with E-state index in [1.807, 2.05) is 6.92 Å². The summed E-state index contributed by atoms with van der Waals surface area (Å²) in [5.41, 5.74) is 0.468. The standard InChI is InChI=1S/C22H27ClN2O6S/c1-4-31-20-10-8-17(13-18(20)23)32(27,28)25-11-5-6-15(14-25)22(26)24-19-12-16(29-2)7-9-21(19)30-3/h7-10,12-13,15H,4-6,11,14H2,1-3H3,(H,24,26)/t15-/m1/s1. The number of amides is 1. The Morgan fingerprint density at radius 3 is 2.56 bits per heavy atom. The van der Waals surface area contributed by atoms with Gasteiger partial charge in [0.1, 0.15) is 17.2 Å². The number of hydrogen-bond donors (Lipinski definition) is 1. The molecule has 0 aromatic heterocycles. The number of halogens is 1. The minimum Gasteiger partial charge on any atom is -0.497 e. The maximum absolute atomic E-state index is 13.2. The molecule has 1 fully saturated rings. The van der Waals surface area contributed by atoms with Crippen molar-refractivity contribution in [2.45, 2.75) is 24.7 Å². The zero-order chi connectivity index (χ0) is 23.3. The van der Waals surface area contributed by atoms with Crippen molar-refractivity contribution in [3.63, 3.8) is 0 Å². The van der Waals surface area contributed by atoms with Crippen LogP contribution in [0, 0.1) is 5.92 Å². The van der Waals surface area contributed by atoms with Crippen LogP contribution in [0.25, 0.3) is 0 Å². The summed E-state index contributed by atoms with van der Waals surface area (Å²) >= 11 is 6.18. The molecule has 0 bridgehead atoms. The minimum atomic E-state index is -3.81. The van der Waals surface area contributed by atoms with Gasteiger partial charge in [-0.15, -0.1) is 0 Å². The van der Waals surface area contributed by atoms with Crippen LogP contribution < -0.4 is 19.5 Å². The molecular weight excluding hydrogens is 456 g/mol. The second-order valence-corrected chi connectivity index (χ2v) is 9.63. The van der Waals surface area contributed by atoms with Gasteiger partial charge >= 0.3 is 0 Å². The van der Waals surface area contributed by atoms with Crippen molar-refractivity contribution in [3.05, 3.63) is 41.4 Å². The van der Waals surface area contributed by atoms with Gasteiger partial charge in [0.05, 0.1) is 42.3 Å². The normalized spacial score (nSPS) is 16.9. The molecule has 1 heterocycles. The fourth-order valence-corrected chi connectivity index (χ4v) is 5.44. The van der Waals surface area contributed by atoms with Crippen molar-refractivity contribution in [2.75, 3.05) is 39.2 Å². The summed E-state index contributed by atoms with van der Waals surface area (Å²) in [5.74, 6) is 0.704. The van der Waals surface area contributed by atoms with E-state index in [4.69, 9.17) is 25.8 Å². The summed E-state index contributed by atoms with van der Waals surface area (Å²) < 4.78 is 43.6. The molecule has 1 saturated heterocycles. The van der Waals surface area contributed by atoms with Crippen LogP contribution in [0.4, 0.5) is 5.69 Å². The highest BCUT2D eigenvalue weighted by Crippen LogP contribution is 2.32. The fourth-order valence-electron chi connectivity index (χ4n) is 3.58. The average Bonchev–Trinajstić information content (AvgIpc) is 2.80. The van der Waals surface area contributed by atoms with Gasteiger partial charge in [0.2, 0.25) is 15.9 Å². The van der Waals surface area contributed by atoms with Gasteiger partial charge in [-0.3, -0.25) is 4.79 Å². The fraction of sp³-hybridized carbons (Fsp3) is 0.409. The lowest BCUT2D eigenvalue weighted by Crippen LogP contribution is -2.43. The maximum Gasteiger partial charge on any atom is 0.243 e. The van der Waals surface area contributed by atoms with E-state index < -0.39 is 15.9 Å². The lowest BCUT2D eigenvalue weighted by molar-refractivity contribution is -0.120. The third-order valence-electron chi connectivity index (χ3n) is 5.26. The molecule has 10 heteroatoms. The predicted molar refractivity (Wildman–Crippen MR) is 122 cm³/mol. The third kappa shape index (κ3) is 5.28. The number of hydrogen-bond acceptors (Lipinski definition) is 6. The van der Waals surface area contributed by atoms with Crippen LogP contribution in [0.15, 0.2) is 41.3 Å². The molecule has 0 radical (unpaired) electrons. The van der Waals surface area contributed by atoms with E-state index in [0.717, 1.165) is 0 Å². The Balaban J connectivity index is 1.76. The van der Waals surface area contributed by atoms with Gasteiger partial charge in [0.15, 0.2) is 0 Å². The lowest BCUT2D eigenvalue weighted by Gasteiger charge is -2.31. The summed E-state index contributed by atoms with van der Waals surface area (Å²) in [6, 6.07) is 9.48. The van der Waals surface area contributed by atoms with Crippen LogP contribution in [0.2, 0.25) is 5.02 Å². The summed E-state index contributed by atoms with van der Waals surface area (Å²) in [7, 11) is -0.770. The number of anilines is 1. The molecule has 8 nitrogen and oxygen atoms in total. The molecule has 0 spiro atoms. The molecule has 0 aliphatic carbocycles. The Labute approximate surface area is 193 Å². The van der Waals surface area contributed by atoms with E-state index in [2.05, 4.69) is 5.32 Å². The number of carbonyl (C=O) groups is 1. The van der Waals surface area contributed by atoms with Crippen LogP contribution in [-0.4, -0.2) is 52.5 Å². The molecule has 0 saturated carbocycles. The summed E-state index contributed by atoms with van der Waals surface area (Å²) in [6.45, 7) is 2.65. The first-order valence-corrected chi connectivity index (χ1v) is 12.1. The first kappa shape index (κ1) is 24.2. The number of methoxy groups -OCH3 is 2. The Kier molecular flexibility index (Phi) is 7.86. The van der Waals surface area contributed by atoms with Crippen LogP contribution in [0.1, 0.15) is 19.8 Å². The van der Waals surface area contributed by atoms with Gasteiger partial charge in [-0.25, -0.2) is 8.42 Å². The number of piperidine rings is 1. The second kappa shape index (κ2) is 10.4. The quantitative estimate of drug-likeness (QED) is 0.615. The number of carbonyl (C=O) groups excluding carboxylic acids is 1. The molecule has 1 aliphatic rings. The van der Waals surface area contributed by atoms with E-state index in [1.54, 1.807) is 24.3 Å². The summed E-state index contributed by atoms with van der Waals surface area (Å²) in [5, 5.41) is 3.07. The number of ether oxygens (including phenoxy) is 3. The Morgan fingerprint density at radius 2 is 1.91 bits per heavy atom. The molecule has 1 atom stereocenters. The second-order valence-electron chi connectivity index (χ2n) is 7.28. The van der Waals surface area contributed by atoms with Gasteiger partial charge in [-0.2, -0.15) is 4.31 Å². The SMILES string of the molecule is CCOc1ccc(S(=O)(=O)N2CCC[C@@H](C(=O)Nc3cc(OC)ccc3OC)C2)cc1Cl. The Bertz CT molecular complexity index is 1080. The van der Waals surface area contributed by atoms with Crippen LogP contribution in [0.3, 0.4) is 0 Å². The molecular formula is C22H27ClN2O6S. The maximum atomic E-state index is 13.2. The molecule has 0 unspecified atom stereocenters. The Hall–Kier alpha value is -2.49. The highest BCUT2D eigenvalue weighted by Gasteiger charge is 2.34. The van der Waals surface area contributed by atoms with E-state index in [9.17, 15) is 13.2 Å². The number of benzene rings is 2. The van der Waals surface area contributed by atoms with Gasteiger partial charge in [0.25, 0.3) is 0 Å². The molecule has 2 aromatic rings. The molecule has 1 N–H and O–H groups in total. The predicted octanol–water partition coefficient (Wildman–Crippen LogP) is 3.80. The summed E-state index contributed by atoms with van der Waals surface area (Å²) in [6.07, 6.45) is 1.14. The van der Waals surface area contributed by atoms with Crippen LogP contribution in [0.5, 0.6) is 17.2 Å². The average molecular weight is 483 g/mol. The van der Waals surface area contributed by atoms with E-state index in [0.29, 0.717) is 48.9 Å². The van der Waals surface area contributed by atoms with Crippen molar-refractivity contribution in [1.29, 1.82) is 0 Å². The van der Waals surface area contributed by atoms with Crippen molar-refractivity contribution < 1.29 is 27.4 Å². The van der Waals surface area contributed by atoms with E-state index in [-0.39, 0.29) is 22.4 Å². The summed E-state index contributed by atoms with van der Waals surface area (Å²) in [4.78, 5) is 13.0. The van der Waals surface area contributed by atoms with Crippen LogP contribution in [-0.2, 0) is 14.8 Å². The smallest absolute Gasteiger partial charge is 0.243 e. The molecule has 3 rings (SSSR count). The zero-order valence-corrected chi connectivity index (χ0v) is 19.8. The number of rotatable bonds is 8. The number of nitrogens with zero attached hydrogens (tertiary/aromatic N) is 1. The van der Waals surface area contributed by atoms with Crippen molar-refractivity contribution >= 4 is 33.2 Å². The largest absolute Gasteiger partial charge is 0.497 e.